The normalized spacial score (nSPS) is 12.3. The minimum absolute atomic E-state index is 0.197. The Morgan fingerprint density at radius 3 is 2.21 bits per heavy atom. The highest BCUT2D eigenvalue weighted by molar-refractivity contribution is 5.97. The second-order valence-corrected chi connectivity index (χ2v) is 6.89. The Bertz CT molecular complexity index is 453. The van der Waals surface area contributed by atoms with Gasteiger partial charge in [-0.2, -0.15) is 0 Å². The molecule has 0 saturated heterocycles. The third-order valence-corrected chi connectivity index (χ3v) is 4.78. The fraction of sp³-hybridized carbons (Fsp3) is 0.682. The second kappa shape index (κ2) is 13.2. The maximum absolute atomic E-state index is 12.0. The first-order valence-corrected chi connectivity index (χ1v) is 9.98. The number of carbonyl (C=O) groups is 1. The molecule has 0 aliphatic heterocycles. The Morgan fingerprint density at radius 2 is 1.54 bits per heavy atom. The molecule has 0 fully saturated rings. The molecule has 0 aliphatic rings. The van der Waals surface area contributed by atoms with Crippen molar-refractivity contribution in [3.8, 4) is 0 Å². The lowest BCUT2D eigenvalue weighted by atomic mass is 9.96. The van der Waals surface area contributed by atoms with E-state index in [1.165, 1.54) is 44.9 Å². The zero-order valence-electron chi connectivity index (χ0n) is 15.7. The van der Waals surface area contributed by atoms with Crippen LogP contribution in [0.25, 0.3) is 0 Å². The highest BCUT2D eigenvalue weighted by Crippen LogP contribution is 2.17. The SMILES string of the molecule is CCCCCCCCCCC(O)CCc1ccccc1C(=O)CC. The van der Waals surface area contributed by atoms with Gasteiger partial charge in [0.1, 0.15) is 0 Å². The van der Waals surface area contributed by atoms with E-state index in [1.54, 1.807) is 0 Å². The number of aliphatic hydroxyl groups excluding tert-OH is 1. The van der Waals surface area contributed by atoms with Crippen molar-refractivity contribution in [1.29, 1.82) is 0 Å². The van der Waals surface area contributed by atoms with Gasteiger partial charge in [-0.1, -0.05) is 89.5 Å². The first kappa shape index (κ1) is 20.9. The molecule has 136 valence electrons. The number of aryl methyl sites for hydroxylation is 1. The third-order valence-electron chi connectivity index (χ3n) is 4.78. The molecule has 0 spiro atoms. The molecule has 24 heavy (non-hydrogen) atoms. The summed E-state index contributed by atoms with van der Waals surface area (Å²) < 4.78 is 0. The van der Waals surface area contributed by atoms with Crippen LogP contribution in [-0.2, 0) is 6.42 Å². The van der Waals surface area contributed by atoms with Gasteiger partial charge in [0.05, 0.1) is 6.10 Å². The predicted molar refractivity (Wildman–Crippen MR) is 103 cm³/mol. The first-order chi connectivity index (χ1) is 11.7. The van der Waals surface area contributed by atoms with Crippen molar-refractivity contribution >= 4 is 5.78 Å². The molecule has 2 nitrogen and oxygen atoms in total. The van der Waals surface area contributed by atoms with E-state index in [4.69, 9.17) is 0 Å². The quantitative estimate of drug-likeness (QED) is 0.330. The molecule has 1 rings (SSSR count). The van der Waals surface area contributed by atoms with Crippen molar-refractivity contribution in [3.63, 3.8) is 0 Å². The highest BCUT2D eigenvalue weighted by atomic mass is 16.3. The number of ketones is 1. The molecule has 0 radical (unpaired) electrons. The molecule has 2 heteroatoms. The first-order valence-electron chi connectivity index (χ1n) is 9.98. The van der Waals surface area contributed by atoms with Gasteiger partial charge < -0.3 is 5.11 Å². The van der Waals surface area contributed by atoms with Crippen molar-refractivity contribution in [1.82, 2.24) is 0 Å². The van der Waals surface area contributed by atoms with Gasteiger partial charge in [0.25, 0.3) is 0 Å². The van der Waals surface area contributed by atoms with Gasteiger partial charge in [0.2, 0.25) is 0 Å². The van der Waals surface area contributed by atoms with Crippen LogP contribution in [0.4, 0.5) is 0 Å². The topological polar surface area (TPSA) is 37.3 Å². The number of benzene rings is 1. The van der Waals surface area contributed by atoms with Gasteiger partial charge in [-0.15, -0.1) is 0 Å². The Labute approximate surface area is 148 Å². The lowest BCUT2D eigenvalue weighted by molar-refractivity contribution is 0.0986. The number of aliphatic hydroxyl groups is 1. The highest BCUT2D eigenvalue weighted by Gasteiger charge is 2.11. The van der Waals surface area contributed by atoms with Crippen LogP contribution in [0, 0.1) is 0 Å². The number of carbonyl (C=O) groups excluding carboxylic acids is 1. The summed E-state index contributed by atoms with van der Waals surface area (Å²) in [6.07, 6.45) is 13.1. The van der Waals surface area contributed by atoms with Crippen molar-refractivity contribution in [3.05, 3.63) is 35.4 Å². The van der Waals surface area contributed by atoms with E-state index in [9.17, 15) is 9.90 Å². The number of hydrogen-bond acceptors (Lipinski definition) is 2. The summed E-state index contributed by atoms with van der Waals surface area (Å²) in [4.78, 5) is 12.0. The third kappa shape index (κ3) is 8.63. The monoisotopic (exact) mass is 332 g/mol. The lowest BCUT2D eigenvalue weighted by Crippen LogP contribution is -2.10. The van der Waals surface area contributed by atoms with E-state index < -0.39 is 0 Å². The summed E-state index contributed by atoms with van der Waals surface area (Å²) in [5.74, 6) is 0.197. The number of rotatable bonds is 14. The maximum Gasteiger partial charge on any atom is 0.162 e. The van der Waals surface area contributed by atoms with E-state index in [0.29, 0.717) is 6.42 Å². The van der Waals surface area contributed by atoms with E-state index >= 15 is 0 Å². The molecule has 1 aromatic carbocycles. The van der Waals surface area contributed by atoms with E-state index in [1.807, 2.05) is 31.2 Å². The number of hydrogen-bond donors (Lipinski definition) is 1. The van der Waals surface area contributed by atoms with Gasteiger partial charge in [-0.25, -0.2) is 0 Å². The summed E-state index contributed by atoms with van der Waals surface area (Å²) in [6.45, 7) is 4.15. The van der Waals surface area contributed by atoms with E-state index in [2.05, 4.69) is 6.92 Å². The molecule has 0 bridgehead atoms. The van der Waals surface area contributed by atoms with Crippen LogP contribution in [0.3, 0.4) is 0 Å². The Balaban J connectivity index is 2.18. The van der Waals surface area contributed by atoms with E-state index in [-0.39, 0.29) is 11.9 Å². The van der Waals surface area contributed by atoms with Gasteiger partial charge >= 0.3 is 0 Å². The molecule has 1 aromatic rings. The zero-order valence-corrected chi connectivity index (χ0v) is 15.7. The summed E-state index contributed by atoms with van der Waals surface area (Å²) in [5.41, 5.74) is 1.92. The fourth-order valence-corrected chi connectivity index (χ4v) is 3.18. The van der Waals surface area contributed by atoms with Crippen LogP contribution in [-0.4, -0.2) is 17.0 Å². The minimum atomic E-state index is -0.241. The van der Waals surface area contributed by atoms with Gasteiger partial charge in [0.15, 0.2) is 5.78 Å². The molecule has 0 aromatic heterocycles. The number of unbranched alkanes of at least 4 members (excludes halogenated alkanes) is 7. The molecule has 1 atom stereocenters. The Hall–Kier alpha value is -1.15. The van der Waals surface area contributed by atoms with Gasteiger partial charge in [0, 0.05) is 12.0 Å². The summed E-state index contributed by atoms with van der Waals surface area (Å²) >= 11 is 0. The molecule has 1 N–H and O–H groups in total. The molecule has 0 aliphatic carbocycles. The average Bonchev–Trinajstić information content (AvgIpc) is 2.61. The van der Waals surface area contributed by atoms with Crippen LogP contribution in [0.1, 0.15) is 100 Å². The molecule has 0 heterocycles. The summed E-state index contributed by atoms with van der Waals surface area (Å²) in [5, 5.41) is 10.2. The number of Topliss-reactive ketones (excluding diaryl/α,β-unsaturated/α-hetero) is 1. The van der Waals surface area contributed by atoms with E-state index in [0.717, 1.165) is 36.8 Å². The zero-order chi connectivity index (χ0) is 17.6. The lowest BCUT2D eigenvalue weighted by Gasteiger charge is -2.12. The fourth-order valence-electron chi connectivity index (χ4n) is 3.18. The summed E-state index contributed by atoms with van der Waals surface area (Å²) in [7, 11) is 0. The average molecular weight is 333 g/mol. The molecular formula is C22H36O2. The molecular weight excluding hydrogens is 296 g/mol. The van der Waals surface area contributed by atoms with Crippen molar-refractivity contribution in [2.45, 2.75) is 97.0 Å². The van der Waals surface area contributed by atoms with Crippen LogP contribution < -0.4 is 0 Å². The molecule has 0 saturated carbocycles. The standard InChI is InChI=1S/C22H36O2/c1-3-5-6-7-8-9-10-11-15-20(23)18-17-19-14-12-13-16-21(19)22(24)4-2/h12-14,16,20,23H,3-11,15,17-18H2,1-2H3. The Kier molecular flexibility index (Phi) is 11.5. The maximum atomic E-state index is 12.0. The predicted octanol–water partition coefficient (Wildman–Crippen LogP) is 6.10. The summed E-state index contributed by atoms with van der Waals surface area (Å²) in [6, 6.07) is 7.83. The largest absolute Gasteiger partial charge is 0.393 e. The second-order valence-electron chi connectivity index (χ2n) is 6.89. The van der Waals surface area contributed by atoms with Crippen LogP contribution in [0.5, 0.6) is 0 Å². The van der Waals surface area contributed by atoms with Gasteiger partial charge in [-0.05, 0) is 24.8 Å². The van der Waals surface area contributed by atoms with Crippen molar-refractivity contribution < 1.29 is 9.90 Å². The Morgan fingerprint density at radius 1 is 0.917 bits per heavy atom. The molecule has 1 unspecified atom stereocenters. The van der Waals surface area contributed by atoms with Crippen LogP contribution in [0.15, 0.2) is 24.3 Å². The van der Waals surface area contributed by atoms with Crippen molar-refractivity contribution in [2.24, 2.45) is 0 Å². The minimum Gasteiger partial charge on any atom is -0.393 e. The van der Waals surface area contributed by atoms with Crippen molar-refractivity contribution in [2.75, 3.05) is 0 Å². The smallest absolute Gasteiger partial charge is 0.162 e. The van der Waals surface area contributed by atoms with Crippen LogP contribution in [0.2, 0.25) is 0 Å². The molecule has 0 amide bonds. The van der Waals surface area contributed by atoms with Gasteiger partial charge in [-0.3, -0.25) is 4.79 Å². The van der Waals surface area contributed by atoms with Crippen LogP contribution >= 0.6 is 0 Å².